The predicted octanol–water partition coefficient (Wildman–Crippen LogP) is 2.37. The zero-order chi connectivity index (χ0) is 14.5. The Labute approximate surface area is 113 Å². The van der Waals surface area contributed by atoms with Crippen LogP contribution in [0.25, 0.3) is 0 Å². The Morgan fingerprint density at radius 2 is 2.25 bits per heavy atom. The molecule has 0 aliphatic rings. The number of carboxylic acids is 1. The molecular formula is C14H9FN2O3. The molecule has 5 nitrogen and oxygen atoms in total. The van der Waals surface area contributed by atoms with E-state index in [-0.39, 0.29) is 23.6 Å². The molecule has 0 saturated carbocycles. The fourth-order valence-electron chi connectivity index (χ4n) is 1.58. The molecule has 0 aliphatic carbocycles. The number of halogens is 1. The first-order valence-electron chi connectivity index (χ1n) is 5.61. The second-order valence-electron chi connectivity index (χ2n) is 3.86. The highest BCUT2D eigenvalue weighted by Gasteiger charge is 2.13. The molecule has 0 fully saturated rings. The van der Waals surface area contributed by atoms with Crippen LogP contribution in [0.15, 0.2) is 36.5 Å². The fourth-order valence-corrected chi connectivity index (χ4v) is 1.58. The van der Waals surface area contributed by atoms with Gasteiger partial charge in [-0.3, -0.25) is 0 Å². The zero-order valence-corrected chi connectivity index (χ0v) is 10.2. The number of hydrogen-bond donors (Lipinski definition) is 1. The van der Waals surface area contributed by atoms with E-state index in [4.69, 9.17) is 15.1 Å². The Hall–Kier alpha value is -2.94. The second-order valence-corrected chi connectivity index (χ2v) is 3.86. The van der Waals surface area contributed by atoms with Crippen LogP contribution in [0.3, 0.4) is 0 Å². The second kappa shape index (κ2) is 5.80. The topological polar surface area (TPSA) is 83.2 Å². The summed E-state index contributed by atoms with van der Waals surface area (Å²) in [6.45, 7) is -0.187. The van der Waals surface area contributed by atoms with Crippen molar-refractivity contribution in [3.05, 3.63) is 59.2 Å². The third-order valence-electron chi connectivity index (χ3n) is 2.53. The molecule has 20 heavy (non-hydrogen) atoms. The van der Waals surface area contributed by atoms with Crippen molar-refractivity contribution in [3.8, 4) is 11.8 Å². The van der Waals surface area contributed by atoms with Crippen LogP contribution in [0.1, 0.15) is 21.6 Å². The number of benzene rings is 1. The van der Waals surface area contributed by atoms with Crippen molar-refractivity contribution in [1.29, 1.82) is 5.26 Å². The van der Waals surface area contributed by atoms with Crippen LogP contribution in [0.4, 0.5) is 4.39 Å². The number of carboxylic acid groups (broad SMARTS) is 1. The minimum absolute atomic E-state index is 0.0433. The quantitative estimate of drug-likeness (QED) is 0.923. The standard InChI is InChI=1S/C14H9FN2O3/c15-11-4-3-9(7-16)6-10(11)8-20-12-2-1-5-17-13(12)14(18)19/h1-6H,8H2,(H,18,19). The number of pyridine rings is 1. The Balaban J connectivity index is 2.21. The third kappa shape index (κ3) is 2.90. The minimum Gasteiger partial charge on any atom is -0.486 e. The lowest BCUT2D eigenvalue weighted by Gasteiger charge is -2.09. The molecule has 6 heteroatoms. The van der Waals surface area contributed by atoms with Crippen molar-refractivity contribution in [2.24, 2.45) is 0 Å². The number of hydrogen-bond acceptors (Lipinski definition) is 4. The number of nitrogens with zero attached hydrogens (tertiary/aromatic N) is 2. The molecule has 0 saturated heterocycles. The first-order chi connectivity index (χ1) is 9.61. The number of ether oxygens (including phenoxy) is 1. The van der Waals surface area contributed by atoms with Crippen molar-refractivity contribution < 1.29 is 19.0 Å². The van der Waals surface area contributed by atoms with E-state index in [1.54, 1.807) is 0 Å². The molecule has 0 spiro atoms. The molecular weight excluding hydrogens is 263 g/mol. The first kappa shape index (κ1) is 13.5. The SMILES string of the molecule is N#Cc1ccc(F)c(COc2cccnc2C(=O)O)c1. The fraction of sp³-hybridized carbons (Fsp3) is 0.0714. The van der Waals surface area contributed by atoms with Crippen LogP contribution < -0.4 is 4.74 Å². The summed E-state index contributed by atoms with van der Waals surface area (Å²) in [4.78, 5) is 14.6. The van der Waals surface area contributed by atoms with Gasteiger partial charge in [-0.1, -0.05) is 0 Å². The highest BCUT2D eigenvalue weighted by Crippen LogP contribution is 2.18. The van der Waals surface area contributed by atoms with Crippen molar-refractivity contribution in [2.75, 3.05) is 0 Å². The van der Waals surface area contributed by atoms with Gasteiger partial charge in [-0.2, -0.15) is 5.26 Å². The van der Waals surface area contributed by atoms with Gasteiger partial charge in [0.2, 0.25) is 0 Å². The van der Waals surface area contributed by atoms with Crippen LogP contribution in [0, 0.1) is 17.1 Å². The molecule has 1 aromatic carbocycles. The smallest absolute Gasteiger partial charge is 0.358 e. The molecule has 0 bridgehead atoms. The number of aromatic nitrogens is 1. The average molecular weight is 272 g/mol. The summed E-state index contributed by atoms with van der Waals surface area (Å²) in [7, 11) is 0. The van der Waals surface area contributed by atoms with Crippen LogP contribution >= 0.6 is 0 Å². The Morgan fingerprint density at radius 3 is 2.95 bits per heavy atom. The molecule has 0 unspecified atom stereocenters. The van der Waals surface area contributed by atoms with Gasteiger partial charge < -0.3 is 9.84 Å². The number of carbonyl (C=O) groups is 1. The highest BCUT2D eigenvalue weighted by atomic mass is 19.1. The minimum atomic E-state index is -1.23. The van der Waals surface area contributed by atoms with Gasteiger partial charge in [0.1, 0.15) is 12.4 Å². The van der Waals surface area contributed by atoms with Crippen molar-refractivity contribution in [1.82, 2.24) is 4.98 Å². The van der Waals surface area contributed by atoms with Crippen LogP contribution in [-0.2, 0) is 6.61 Å². The molecule has 100 valence electrons. The molecule has 0 atom stereocenters. The third-order valence-corrected chi connectivity index (χ3v) is 2.53. The molecule has 2 aromatic rings. The average Bonchev–Trinajstić information content (AvgIpc) is 2.46. The molecule has 2 rings (SSSR count). The van der Waals surface area contributed by atoms with E-state index in [1.165, 1.54) is 36.5 Å². The maximum Gasteiger partial charge on any atom is 0.358 e. The largest absolute Gasteiger partial charge is 0.486 e. The van der Waals surface area contributed by atoms with E-state index in [2.05, 4.69) is 4.98 Å². The summed E-state index contributed by atoms with van der Waals surface area (Å²) in [6, 6.07) is 8.72. The van der Waals surface area contributed by atoms with Gasteiger partial charge in [0.15, 0.2) is 11.4 Å². The molecule has 0 amide bonds. The summed E-state index contributed by atoms with van der Waals surface area (Å²) in [6.07, 6.45) is 1.33. The van der Waals surface area contributed by atoms with E-state index >= 15 is 0 Å². The highest BCUT2D eigenvalue weighted by molar-refractivity contribution is 5.88. The van der Waals surface area contributed by atoms with Crippen molar-refractivity contribution in [3.63, 3.8) is 0 Å². The first-order valence-corrected chi connectivity index (χ1v) is 5.61. The van der Waals surface area contributed by atoms with E-state index < -0.39 is 11.8 Å². The van der Waals surface area contributed by atoms with Gasteiger partial charge in [-0.05, 0) is 30.3 Å². The van der Waals surface area contributed by atoms with E-state index in [9.17, 15) is 9.18 Å². The molecule has 0 aliphatic heterocycles. The summed E-state index contributed by atoms with van der Waals surface area (Å²) in [5, 5.41) is 17.7. The molecule has 0 radical (unpaired) electrons. The Morgan fingerprint density at radius 1 is 1.45 bits per heavy atom. The summed E-state index contributed by atoms with van der Waals surface area (Å²) < 4.78 is 18.8. The lowest BCUT2D eigenvalue weighted by Crippen LogP contribution is -2.06. The molecule has 1 aromatic heterocycles. The van der Waals surface area contributed by atoms with Gasteiger partial charge in [0, 0.05) is 11.8 Å². The summed E-state index contributed by atoms with van der Waals surface area (Å²) in [5.41, 5.74) is 0.225. The van der Waals surface area contributed by atoms with Crippen LogP contribution in [0.2, 0.25) is 0 Å². The van der Waals surface area contributed by atoms with Gasteiger partial charge in [-0.25, -0.2) is 14.2 Å². The van der Waals surface area contributed by atoms with Gasteiger partial charge in [-0.15, -0.1) is 0 Å². The number of rotatable bonds is 4. The number of nitriles is 1. The van der Waals surface area contributed by atoms with E-state index in [0.29, 0.717) is 5.56 Å². The molecule has 1 heterocycles. The van der Waals surface area contributed by atoms with Crippen molar-refractivity contribution in [2.45, 2.75) is 6.61 Å². The van der Waals surface area contributed by atoms with E-state index in [1.807, 2.05) is 6.07 Å². The normalized spacial score (nSPS) is 9.80. The summed E-state index contributed by atoms with van der Waals surface area (Å²) >= 11 is 0. The predicted molar refractivity (Wildman–Crippen MR) is 66.6 cm³/mol. The van der Waals surface area contributed by atoms with Gasteiger partial charge in [0.05, 0.1) is 11.6 Å². The lowest BCUT2D eigenvalue weighted by atomic mass is 10.1. The van der Waals surface area contributed by atoms with E-state index in [0.717, 1.165) is 0 Å². The maximum absolute atomic E-state index is 13.5. The molecule has 1 N–H and O–H groups in total. The van der Waals surface area contributed by atoms with Gasteiger partial charge >= 0.3 is 5.97 Å². The monoisotopic (exact) mass is 272 g/mol. The number of aromatic carboxylic acids is 1. The maximum atomic E-state index is 13.5. The Kier molecular flexibility index (Phi) is 3.91. The summed E-state index contributed by atoms with van der Waals surface area (Å²) in [5.74, 6) is -1.71. The van der Waals surface area contributed by atoms with Gasteiger partial charge in [0.25, 0.3) is 0 Å². The zero-order valence-electron chi connectivity index (χ0n) is 10.2. The van der Waals surface area contributed by atoms with Crippen LogP contribution in [0.5, 0.6) is 5.75 Å². The lowest BCUT2D eigenvalue weighted by molar-refractivity contribution is 0.0685. The van der Waals surface area contributed by atoms with Crippen molar-refractivity contribution >= 4 is 5.97 Å². The Bertz CT molecular complexity index is 695. The van der Waals surface area contributed by atoms with Crippen LogP contribution in [-0.4, -0.2) is 16.1 Å².